The second-order valence-corrected chi connectivity index (χ2v) is 8.34. The third-order valence-corrected chi connectivity index (χ3v) is 5.30. The molecule has 0 saturated carbocycles. The Morgan fingerprint density at radius 1 is 1.52 bits per heavy atom. The summed E-state index contributed by atoms with van der Waals surface area (Å²) in [6.07, 6.45) is 0.348. The summed E-state index contributed by atoms with van der Waals surface area (Å²) in [5.74, 6) is -1.22. The molecule has 1 aromatic heterocycles. The van der Waals surface area contributed by atoms with Gasteiger partial charge in [0, 0.05) is 24.6 Å². The van der Waals surface area contributed by atoms with Crippen LogP contribution < -0.4 is 0 Å². The third kappa shape index (κ3) is 3.62. The molecule has 0 spiro atoms. The van der Waals surface area contributed by atoms with Crippen LogP contribution in [0.3, 0.4) is 0 Å². The molecule has 1 saturated heterocycles. The molecule has 21 heavy (non-hydrogen) atoms. The molecule has 1 aliphatic rings. The van der Waals surface area contributed by atoms with E-state index in [4.69, 9.17) is 9.63 Å². The van der Waals surface area contributed by atoms with Gasteiger partial charge in [0.1, 0.15) is 17.2 Å². The molecule has 0 radical (unpaired) electrons. The summed E-state index contributed by atoms with van der Waals surface area (Å²) in [5.41, 5.74) is 0.107. The summed E-state index contributed by atoms with van der Waals surface area (Å²) in [6.45, 7) is 6.11. The van der Waals surface area contributed by atoms with Gasteiger partial charge in [0.2, 0.25) is 10.0 Å². The fourth-order valence-corrected chi connectivity index (χ4v) is 3.68. The fourth-order valence-electron chi connectivity index (χ4n) is 2.19. The predicted octanol–water partition coefficient (Wildman–Crippen LogP) is 1.21. The van der Waals surface area contributed by atoms with Crippen molar-refractivity contribution in [2.45, 2.75) is 38.4 Å². The summed E-state index contributed by atoms with van der Waals surface area (Å²) in [7, 11) is -3.56. The lowest BCUT2D eigenvalue weighted by atomic mass is 9.93. The molecule has 118 valence electrons. The number of aromatic nitrogens is 1. The van der Waals surface area contributed by atoms with E-state index < -0.39 is 21.9 Å². The van der Waals surface area contributed by atoms with Crippen LogP contribution in [0.4, 0.5) is 0 Å². The van der Waals surface area contributed by atoms with Gasteiger partial charge in [0.25, 0.3) is 0 Å². The summed E-state index contributed by atoms with van der Waals surface area (Å²) < 4.78 is 31.0. The Morgan fingerprint density at radius 2 is 2.19 bits per heavy atom. The molecule has 0 bridgehead atoms. The van der Waals surface area contributed by atoms with Gasteiger partial charge in [0.05, 0.1) is 5.92 Å². The Kier molecular flexibility index (Phi) is 4.12. The number of hydrogen-bond donors (Lipinski definition) is 1. The van der Waals surface area contributed by atoms with Gasteiger partial charge >= 0.3 is 5.97 Å². The Bertz CT molecular complexity index is 629. The second-order valence-electron chi connectivity index (χ2n) is 6.37. The van der Waals surface area contributed by atoms with E-state index in [0.717, 1.165) is 0 Å². The maximum absolute atomic E-state index is 12.3. The van der Waals surface area contributed by atoms with E-state index in [1.807, 2.05) is 20.8 Å². The van der Waals surface area contributed by atoms with Crippen molar-refractivity contribution in [2.24, 2.45) is 5.92 Å². The van der Waals surface area contributed by atoms with Crippen molar-refractivity contribution in [3.63, 3.8) is 0 Å². The van der Waals surface area contributed by atoms with E-state index in [0.29, 0.717) is 17.9 Å². The van der Waals surface area contributed by atoms with Crippen LogP contribution in [0, 0.1) is 5.92 Å². The Morgan fingerprint density at radius 3 is 2.67 bits per heavy atom. The van der Waals surface area contributed by atoms with E-state index >= 15 is 0 Å². The van der Waals surface area contributed by atoms with E-state index in [1.54, 1.807) is 6.07 Å². The van der Waals surface area contributed by atoms with Gasteiger partial charge in [-0.25, -0.2) is 12.7 Å². The quantitative estimate of drug-likeness (QED) is 0.896. The number of rotatable bonds is 4. The van der Waals surface area contributed by atoms with Crippen molar-refractivity contribution < 1.29 is 22.8 Å². The average molecular weight is 316 g/mol. The average Bonchev–Trinajstić information content (AvgIpc) is 2.94. The molecular formula is C13H20N2O5S. The molecule has 8 heteroatoms. The maximum Gasteiger partial charge on any atom is 0.307 e. The first kappa shape index (κ1) is 16.0. The minimum absolute atomic E-state index is 0.0294. The maximum atomic E-state index is 12.3. The number of aliphatic carboxylic acids is 1. The van der Waals surface area contributed by atoms with Crippen LogP contribution in [0.5, 0.6) is 0 Å². The molecule has 1 aromatic rings. The number of carboxylic acids is 1. The van der Waals surface area contributed by atoms with Crippen LogP contribution in [0.15, 0.2) is 10.6 Å². The molecule has 1 fully saturated rings. The van der Waals surface area contributed by atoms with Gasteiger partial charge in [0.15, 0.2) is 0 Å². The highest BCUT2D eigenvalue weighted by molar-refractivity contribution is 7.88. The lowest BCUT2D eigenvalue weighted by Crippen LogP contribution is -2.31. The van der Waals surface area contributed by atoms with Crippen molar-refractivity contribution >= 4 is 16.0 Å². The number of sulfonamides is 1. The molecule has 7 nitrogen and oxygen atoms in total. The van der Waals surface area contributed by atoms with Crippen LogP contribution >= 0.6 is 0 Å². The Balaban J connectivity index is 2.08. The van der Waals surface area contributed by atoms with E-state index in [-0.39, 0.29) is 24.3 Å². The number of carbonyl (C=O) groups is 1. The molecular weight excluding hydrogens is 296 g/mol. The first-order chi connectivity index (χ1) is 9.59. The van der Waals surface area contributed by atoms with Crippen LogP contribution in [0.1, 0.15) is 38.6 Å². The van der Waals surface area contributed by atoms with Gasteiger partial charge in [-0.3, -0.25) is 4.79 Å². The van der Waals surface area contributed by atoms with Crippen LogP contribution in [-0.2, 0) is 26.0 Å². The molecule has 1 N–H and O–H groups in total. The van der Waals surface area contributed by atoms with Gasteiger partial charge in [-0.05, 0) is 6.42 Å². The van der Waals surface area contributed by atoms with Crippen LogP contribution in [0.2, 0.25) is 0 Å². The lowest BCUT2D eigenvalue weighted by Gasteiger charge is -2.14. The van der Waals surface area contributed by atoms with Crippen molar-refractivity contribution in [1.29, 1.82) is 0 Å². The highest BCUT2D eigenvalue weighted by Gasteiger charge is 2.35. The minimum atomic E-state index is -3.56. The third-order valence-electron chi connectivity index (χ3n) is 3.52. The smallest absolute Gasteiger partial charge is 0.307 e. The van der Waals surface area contributed by atoms with E-state index in [2.05, 4.69) is 5.16 Å². The molecule has 2 rings (SSSR count). The topological polar surface area (TPSA) is 101 Å². The van der Waals surface area contributed by atoms with Crippen molar-refractivity contribution in [3.05, 3.63) is 17.5 Å². The number of hydrogen-bond acceptors (Lipinski definition) is 5. The highest BCUT2D eigenvalue weighted by atomic mass is 32.2. The minimum Gasteiger partial charge on any atom is -0.481 e. The van der Waals surface area contributed by atoms with Gasteiger partial charge in [-0.1, -0.05) is 25.9 Å². The summed E-state index contributed by atoms with van der Waals surface area (Å²) in [5, 5.41) is 12.7. The summed E-state index contributed by atoms with van der Waals surface area (Å²) >= 11 is 0. The lowest BCUT2D eigenvalue weighted by molar-refractivity contribution is -0.141. The van der Waals surface area contributed by atoms with Gasteiger partial charge in [-0.15, -0.1) is 0 Å². The molecule has 1 unspecified atom stereocenters. The highest BCUT2D eigenvalue weighted by Crippen LogP contribution is 2.25. The van der Waals surface area contributed by atoms with Crippen molar-refractivity contribution in [1.82, 2.24) is 9.46 Å². The van der Waals surface area contributed by atoms with Gasteiger partial charge < -0.3 is 9.63 Å². The molecule has 0 aromatic carbocycles. The molecule has 1 aliphatic heterocycles. The summed E-state index contributed by atoms with van der Waals surface area (Å²) in [6, 6.07) is 1.64. The van der Waals surface area contributed by atoms with Crippen LogP contribution in [0.25, 0.3) is 0 Å². The summed E-state index contributed by atoms with van der Waals surface area (Å²) in [4.78, 5) is 10.9. The first-order valence-electron chi connectivity index (χ1n) is 6.76. The standard InChI is InChI=1S/C13H20N2O5S/c1-13(2,3)11-6-10(14-20-11)8-21(18,19)15-5-4-9(7-15)12(16)17/h6,9H,4-5,7-8H2,1-3H3,(H,16,17). The second kappa shape index (κ2) is 5.42. The normalized spacial score (nSPS) is 20.8. The zero-order chi connectivity index (χ0) is 15.8. The van der Waals surface area contributed by atoms with E-state index in [1.165, 1.54) is 4.31 Å². The zero-order valence-electron chi connectivity index (χ0n) is 12.4. The molecule has 0 aliphatic carbocycles. The van der Waals surface area contributed by atoms with Crippen molar-refractivity contribution in [3.8, 4) is 0 Å². The Hall–Kier alpha value is -1.41. The Labute approximate surface area is 124 Å². The number of nitrogens with zero attached hydrogens (tertiary/aromatic N) is 2. The monoisotopic (exact) mass is 316 g/mol. The van der Waals surface area contributed by atoms with Crippen molar-refractivity contribution in [2.75, 3.05) is 13.1 Å². The first-order valence-corrected chi connectivity index (χ1v) is 8.37. The molecule has 1 atom stereocenters. The van der Waals surface area contributed by atoms with Gasteiger partial charge in [-0.2, -0.15) is 0 Å². The van der Waals surface area contributed by atoms with E-state index in [9.17, 15) is 13.2 Å². The molecule has 2 heterocycles. The number of carboxylic acid groups (broad SMARTS) is 1. The van der Waals surface area contributed by atoms with Crippen LogP contribution in [-0.4, -0.2) is 42.0 Å². The largest absolute Gasteiger partial charge is 0.481 e. The predicted molar refractivity (Wildman–Crippen MR) is 75.1 cm³/mol. The molecule has 0 amide bonds. The SMILES string of the molecule is CC(C)(C)c1cc(CS(=O)(=O)N2CCC(C(=O)O)C2)no1. The fraction of sp³-hybridized carbons (Fsp3) is 0.692. The zero-order valence-corrected chi connectivity index (χ0v) is 13.2.